The molecule has 1 aliphatic heterocycles. The van der Waals surface area contributed by atoms with Crippen LogP contribution in [0.25, 0.3) is 5.65 Å². The molecular formula is C11H11ClN4. The Labute approximate surface area is 97.8 Å². The number of anilines is 1. The molecule has 1 aliphatic carbocycles. The number of fused-ring (bicyclic) bond motifs is 3. The molecule has 4 nitrogen and oxygen atoms in total. The molecule has 1 saturated carbocycles. The Morgan fingerprint density at radius 1 is 1.38 bits per heavy atom. The van der Waals surface area contributed by atoms with Gasteiger partial charge in [-0.2, -0.15) is 9.61 Å². The molecule has 0 spiro atoms. The smallest absolute Gasteiger partial charge is 0.159 e. The summed E-state index contributed by atoms with van der Waals surface area (Å²) in [6.07, 6.45) is 5.36. The highest BCUT2D eigenvalue weighted by Gasteiger charge is 2.36. The molecule has 2 aliphatic rings. The summed E-state index contributed by atoms with van der Waals surface area (Å²) in [6, 6.07) is 2.60. The van der Waals surface area contributed by atoms with Gasteiger partial charge in [0.05, 0.1) is 6.20 Å². The van der Waals surface area contributed by atoms with Crippen LogP contribution in [0.5, 0.6) is 0 Å². The Morgan fingerprint density at radius 3 is 3.06 bits per heavy atom. The predicted octanol–water partition coefficient (Wildman–Crippen LogP) is 1.91. The molecule has 4 rings (SSSR count). The quantitative estimate of drug-likeness (QED) is 0.707. The SMILES string of the molecule is Clc1nc2ccnn2c2c1CCN2C1CC1. The molecule has 0 unspecified atom stereocenters. The number of rotatable bonds is 1. The van der Waals surface area contributed by atoms with Crippen molar-refractivity contribution in [2.75, 3.05) is 11.4 Å². The van der Waals surface area contributed by atoms with Gasteiger partial charge in [-0.3, -0.25) is 0 Å². The molecule has 1 fully saturated rings. The second-order valence-corrected chi connectivity index (χ2v) is 4.84. The lowest BCUT2D eigenvalue weighted by molar-refractivity contribution is 0.794. The Kier molecular flexibility index (Phi) is 1.59. The van der Waals surface area contributed by atoms with E-state index in [2.05, 4.69) is 15.0 Å². The molecule has 0 amide bonds. The molecule has 0 aromatic carbocycles. The molecule has 16 heavy (non-hydrogen) atoms. The molecule has 2 aromatic heterocycles. The minimum Gasteiger partial charge on any atom is -0.353 e. The normalized spacial score (nSPS) is 19.4. The largest absolute Gasteiger partial charge is 0.353 e. The van der Waals surface area contributed by atoms with Crippen LogP contribution in [0.3, 0.4) is 0 Å². The van der Waals surface area contributed by atoms with Gasteiger partial charge in [-0.25, -0.2) is 4.98 Å². The van der Waals surface area contributed by atoms with Crippen molar-refractivity contribution in [1.29, 1.82) is 0 Å². The third-order valence-corrected chi connectivity index (χ3v) is 3.73. The fourth-order valence-electron chi connectivity index (χ4n) is 2.52. The first kappa shape index (κ1) is 8.82. The second kappa shape index (κ2) is 2.88. The first-order valence-corrected chi connectivity index (χ1v) is 6.01. The van der Waals surface area contributed by atoms with E-state index in [0.717, 1.165) is 24.2 Å². The summed E-state index contributed by atoms with van der Waals surface area (Å²) in [5.74, 6) is 1.17. The second-order valence-electron chi connectivity index (χ2n) is 4.48. The number of halogens is 1. The monoisotopic (exact) mass is 234 g/mol. The zero-order valence-corrected chi connectivity index (χ0v) is 9.48. The Hall–Kier alpha value is -1.29. The maximum absolute atomic E-state index is 6.22. The van der Waals surface area contributed by atoms with Crippen LogP contribution in [-0.4, -0.2) is 27.2 Å². The van der Waals surface area contributed by atoms with Crippen LogP contribution in [-0.2, 0) is 6.42 Å². The van der Waals surface area contributed by atoms with Gasteiger partial charge in [0.25, 0.3) is 0 Å². The number of hydrogen-bond acceptors (Lipinski definition) is 3. The topological polar surface area (TPSA) is 33.4 Å². The fourth-order valence-corrected chi connectivity index (χ4v) is 2.79. The van der Waals surface area contributed by atoms with Crippen molar-refractivity contribution in [2.24, 2.45) is 0 Å². The predicted molar refractivity (Wildman–Crippen MR) is 62.1 cm³/mol. The van der Waals surface area contributed by atoms with Crippen molar-refractivity contribution in [1.82, 2.24) is 14.6 Å². The van der Waals surface area contributed by atoms with E-state index in [0.29, 0.717) is 11.2 Å². The molecule has 0 saturated heterocycles. The molecule has 0 bridgehead atoms. The van der Waals surface area contributed by atoms with E-state index in [1.165, 1.54) is 18.7 Å². The van der Waals surface area contributed by atoms with Gasteiger partial charge in [-0.05, 0) is 19.3 Å². The van der Waals surface area contributed by atoms with E-state index < -0.39 is 0 Å². The summed E-state index contributed by atoms with van der Waals surface area (Å²) >= 11 is 6.22. The van der Waals surface area contributed by atoms with Gasteiger partial charge in [-0.15, -0.1) is 0 Å². The van der Waals surface area contributed by atoms with Gasteiger partial charge >= 0.3 is 0 Å². The van der Waals surface area contributed by atoms with E-state index in [1.807, 2.05) is 10.6 Å². The van der Waals surface area contributed by atoms with E-state index in [9.17, 15) is 0 Å². The maximum Gasteiger partial charge on any atom is 0.159 e. The highest BCUT2D eigenvalue weighted by Crippen LogP contribution is 2.39. The van der Waals surface area contributed by atoms with Crippen LogP contribution in [0, 0.1) is 0 Å². The van der Waals surface area contributed by atoms with Gasteiger partial charge in [0.15, 0.2) is 5.65 Å². The van der Waals surface area contributed by atoms with Crippen molar-refractivity contribution in [2.45, 2.75) is 25.3 Å². The van der Waals surface area contributed by atoms with E-state index in [4.69, 9.17) is 11.6 Å². The first-order chi connectivity index (χ1) is 7.84. The molecule has 5 heteroatoms. The van der Waals surface area contributed by atoms with Crippen molar-refractivity contribution in [3.8, 4) is 0 Å². The molecule has 0 radical (unpaired) electrons. The van der Waals surface area contributed by atoms with Gasteiger partial charge in [0.1, 0.15) is 11.0 Å². The van der Waals surface area contributed by atoms with Crippen LogP contribution >= 0.6 is 11.6 Å². The number of nitrogens with zero attached hydrogens (tertiary/aromatic N) is 4. The molecule has 0 atom stereocenters. The van der Waals surface area contributed by atoms with Crippen LogP contribution in [0.2, 0.25) is 5.15 Å². The Balaban J connectivity index is 2.03. The van der Waals surface area contributed by atoms with Crippen LogP contribution < -0.4 is 4.90 Å². The summed E-state index contributed by atoms with van der Waals surface area (Å²) in [6.45, 7) is 1.06. The van der Waals surface area contributed by atoms with Crippen molar-refractivity contribution >= 4 is 23.1 Å². The van der Waals surface area contributed by atoms with E-state index >= 15 is 0 Å². The molecular weight excluding hydrogens is 224 g/mol. The summed E-state index contributed by atoms with van der Waals surface area (Å²) in [7, 11) is 0. The average Bonchev–Trinajstić information content (AvgIpc) is 2.86. The average molecular weight is 235 g/mol. The van der Waals surface area contributed by atoms with Gasteiger partial charge in [0, 0.05) is 24.2 Å². The van der Waals surface area contributed by atoms with Crippen molar-refractivity contribution in [3.05, 3.63) is 23.0 Å². The van der Waals surface area contributed by atoms with E-state index in [1.54, 1.807) is 6.20 Å². The molecule has 2 aromatic rings. The lowest BCUT2D eigenvalue weighted by Gasteiger charge is -2.19. The van der Waals surface area contributed by atoms with Crippen molar-refractivity contribution < 1.29 is 0 Å². The van der Waals surface area contributed by atoms with Crippen LogP contribution in [0.4, 0.5) is 5.82 Å². The highest BCUT2D eigenvalue weighted by atomic mass is 35.5. The first-order valence-electron chi connectivity index (χ1n) is 5.63. The number of hydrogen-bond donors (Lipinski definition) is 0. The lowest BCUT2D eigenvalue weighted by atomic mass is 10.3. The maximum atomic E-state index is 6.22. The molecule has 0 N–H and O–H groups in total. The van der Waals surface area contributed by atoms with E-state index in [-0.39, 0.29) is 0 Å². The summed E-state index contributed by atoms with van der Waals surface area (Å²) in [4.78, 5) is 6.79. The third kappa shape index (κ3) is 1.05. The minimum atomic E-state index is 0.645. The standard InChI is InChI=1S/C11H11ClN4/c12-10-8-4-6-15(7-1-2-7)11(8)16-9(14-10)3-5-13-16/h3,5,7H,1-2,4,6H2. The van der Waals surface area contributed by atoms with Crippen molar-refractivity contribution in [3.63, 3.8) is 0 Å². The fraction of sp³-hybridized carbons (Fsp3) is 0.455. The van der Waals surface area contributed by atoms with Crippen LogP contribution in [0.1, 0.15) is 18.4 Å². The highest BCUT2D eigenvalue weighted by molar-refractivity contribution is 6.30. The molecule has 3 heterocycles. The summed E-state index contributed by atoms with van der Waals surface area (Å²) in [5.41, 5.74) is 2.00. The van der Waals surface area contributed by atoms with Gasteiger partial charge in [0.2, 0.25) is 0 Å². The summed E-state index contributed by atoms with van der Waals surface area (Å²) < 4.78 is 1.92. The zero-order valence-electron chi connectivity index (χ0n) is 8.73. The Morgan fingerprint density at radius 2 is 2.25 bits per heavy atom. The number of aromatic nitrogens is 3. The van der Waals surface area contributed by atoms with Gasteiger partial charge in [-0.1, -0.05) is 11.6 Å². The third-order valence-electron chi connectivity index (χ3n) is 3.42. The van der Waals surface area contributed by atoms with Crippen LogP contribution in [0.15, 0.2) is 12.3 Å². The van der Waals surface area contributed by atoms with Gasteiger partial charge < -0.3 is 4.90 Å². The molecule has 82 valence electrons. The zero-order chi connectivity index (χ0) is 10.7. The Bertz CT molecular complexity index is 573. The lowest BCUT2D eigenvalue weighted by Crippen LogP contribution is -2.24. The minimum absolute atomic E-state index is 0.645. The summed E-state index contributed by atoms with van der Waals surface area (Å²) in [5, 5.41) is 4.99.